The van der Waals surface area contributed by atoms with Gasteiger partial charge in [-0.1, -0.05) is 31.2 Å². The monoisotopic (exact) mass is 563 g/mol. The van der Waals surface area contributed by atoms with Crippen molar-refractivity contribution in [1.29, 1.82) is 0 Å². The van der Waals surface area contributed by atoms with E-state index in [-0.39, 0.29) is 11.7 Å². The lowest BCUT2D eigenvalue weighted by Crippen LogP contribution is -2.37. The summed E-state index contributed by atoms with van der Waals surface area (Å²) in [5.74, 6) is 1.73. The number of piperidine rings is 1. The molecule has 0 spiro atoms. The molecule has 40 heavy (non-hydrogen) atoms. The number of carbonyl (C=O) groups is 1. The number of carbonyl (C=O) groups excluding carboxylic acids is 1. The van der Waals surface area contributed by atoms with E-state index in [1.54, 1.807) is 4.90 Å². The van der Waals surface area contributed by atoms with E-state index in [1.807, 2.05) is 35.4 Å². The molecule has 1 amide bonds. The van der Waals surface area contributed by atoms with Gasteiger partial charge in [0.15, 0.2) is 0 Å². The zero-order chi connectivity index (χ0) is 27.6. The molecule has 3 heterocycles. The third-order valence-corrected chi connectivity index (χ3v) is 9.52. The Hall–Kier alpha value is -2.94. The number of thiophene rings is 1. The Balaban J connectivity index is 1.18. The van der Waals surface area contributed by atoms with Gasteiger partial charge in [0.25, 0.3) is 5.91 Å². The van der Waals surface area contributed by atoms with Crippen molar-refractivity contribution in [2.75, 3.05) is 62.3 Å². The number of rotatable bonds is 10. The predicted molar refractivity (Wildman–Crippen MR) is 158 cm³/mol. The zero-order valence-electron chi connectivity index (χ0n) is 23.4. The van der Waals surface area contributed by atoms with E-state index in [0.717, 1.165) is 26.1 Å². The van der Waals surface area contributed by atoms with E-state index in [0.29, 0.717) is 79.2 Å². The number of morpholine rings is 1. The minimum absolute atomic E-state index is 0.116. The van der Waals surface area contributed by atoms with E-state index >= 15 is 4.39 Å². The number of aryl methyl sites for hydroxylation is 1. The highest BCUT2D eigenvalue weighted by Gasteiger charge is 2.56. The van der Waals surface area contributed by atoms with Gasteiger partial charge >= 0.3 is 0 Å². The second-order valence-corrected chi connectivity index (χ2v) is 12.0. The molecule has 0 bridgehead atoms. The highest BCUT2D eigenvalue weighted by molar-refractivity contribution is 7.12. The van der Waals surface area contributed by atoms with Gasteiger partial charge in [0, 0.05) is 45.0 Å². The lowest BCUT2D eigenvalue weighted by atomic mass is 10.1. The van der Waals surface area contributed by atoms with E-state index in [2.05, 4.69) is 36.1 Å². The fraction of sp³-hybridized carbons (Fsp3) is 0.469. The first-order valence-electron chi connectivity index (χ1n) is 14.5. The van der Waals surface area contributed by atoms with Crippen LogP contribution in [0.25, 0.3) is 0 Å². The molecule has 0 radical (unpaired) electrons. The van der Waals surface area contributed by atoms with Crippen LogP contribution >= 0.6 is 11.3 Å². The molecule has 0 N–H and O–H groups in total. The number of ether oxygens (including phenoxy) is 2. The van der Waals surface area contributed by atoms with E-state index in [4.69, 9.17) is 9.47 Å². The van der Waals surface area contributed by atoms with Crippen molar-refractivity contribution in [3.63, 3.8) is 0 Å². The maximum atomic E-state index is 15.4. The van der Waals surface area contributed by atoms with Gasteiger partial charge in [-0.15, -0.1) is 11.3 Å². The molecule has 6 nitrogen and oxygen atoms in total. The minimum atomic E-state index is -0.301. The normalized spacial score (nSPS) is 22.3. The number of anilines is 2. The largest absolute Gasteiger partial charge is 0.492 e. The number of benzene rings is 2. The van der Waals surface area contributed by atoms with E-state index in [1.165, 1.54) is 28.5 Å². The second-order valence-electron chi connectivity index (χ2n) is 11.1. The van der Waals surface area contributed by atoms with Crippen LogP contribution in [-0.4, -0.2) is 63.4 Å². The fourth-order valence-corrected chi connectivity index (χ4v) is 7.14. The molecule has 2 aromatic carbocycles. The molecule has 3 aromatic rings. The van der Waals surface area contributed by atoms with Crippen molar-refractivity contribution in [2.24, 2.45) is 17.8 Å². The standard InChI is InChI=1S/C32H38FN3O3S/c1-3-22-5-7-23(8-6-22)18-34-19-25-26(20-34)27(25)21-36(32(37)31-30(39-4-2)11-16-40-31)24-9-10-29(28(33)17-24)35-12-14-38-15-13-35/h5-11,16-17,25-27H,3-4,12-15,18-21H2,1-2H3. The van der Waals surface area contributed by atoms with Crippen LogP contribution in [0.4, 0.5) is 15.8 Å². The van der Waals surface area contributed by atoms with Crippen LogP contribution in [0.1, 0.15) is 34.6 Å². The summed E-state index contributed by atoms with van der Waals surface area (Å²) in [6, 6.07) is 16.0. The Morgan fingerprint density at radius 2 is 1.77 bits per heavy atom. The maximum absolute atomic E-state index is 15.4. The van der Waals surface area contributed by atoms with Gasteiger partial charge in [0.1, 0.15) is 16.4 Å². The average Bonchev–Trinajstić information content (AvgIpc) is 3.28. The number of fused-ring (bicyclic) bond motifs is 1. The van der Waals surface area contributed by atoms with E-state index in [9.17, 15) is 4.79 Å². The summed E-state index contributed by atoms with van der Waals surface area (Å²) in [4.78, 5) is 20.8. The molecule has 1 aliphatic carbocycles. The Kier molecular flexibility index (Phi) is 8.10. The molecule has 2 atom stereocenters. The lowest BCUT2D eigenvalue weighted by Gasteiger charge is -2.30. The summed E-state index contributed by atoms with van der Waals surface area (Å²) in [5, 5.41) is 1.88. The van der Waals surface area contributed by atoms with Gasteiger partial charge in [0.2, 0.25) is 0 Å². The molecule has 1 aromatic heterocycles. The molecular formula is C32H38FN3O3S. The summed E-state index contributed by atoms with van der Waals surface area (Å²) in [5.41, 5.74) is 3.89. The van der Waals surface area contributed by atoms with Crippen LogP contribution in [0.3, 0.4) is 0 Å². The molecule has 2 unspecified atom stereocenters. The van der Waals surface area contributed by atoms with Crippen molar-refractivity contribution in [2.45, 2.75) is 26.8 Å². The van der Waals surface area contributed by atoms with Crippen LogP contribution in [0, 0.1) is 23.6 Å². The Morgan fingerprint density at radius 1 is 1.05 bits per heavy atom. The third kappa shape index (κ3) is 5.62. The third-order valence-electron chi connectivity index (χ3n) is 8.64. The molecule has 2 aliphatic heterocycles. The smallest absolute Gasteiger partial charge is 0.272 e. The average molecular weight is 564 g/mol. The molecule has 1 saturated carbocycles. The van der Waals surface area contributed by atoms with Gasteiger partial charge in [-0.3, -0.25) is 9.69 Å². The highest BCUT2D eigenvalue weighted by Crippen LogP contribution is 2.52. The number of nitrogens with zero attached hydrogens (tertiary/aromatic N) is 3. The van der Waals surface area contributed by atoms with Crippen molar-refractivity contribution in [3.05, 3.63) is 75.7 Å². The molecule has 212 valence electrons. The number of halogens is 1. The summed E-state index contributed by atoms with van der Waals surface area (Å²) < 4.78 is 26.6. The van der Waals surface area contributed by atoms with Crippen molar-refractivity contribution in [3.8, 4) is 5.75 Å². The van der Waals surface area contributed by atoms with E-state index < -0.39 is 0 Å². The molecule has 3 fully saturated rings. The number of likely N-dealkylation sites (tertiary alicyclic amines) is 1. The molecular weight excluding hydrogens is 525 g/mol. The van der Waals surface area contributed by atoms with Crippen LogP contribution in [0.2, 0.25) is 0 Å². The molecule has 3 aliphatic rings. The Morgan fingerprint density at radius 3 is 2.45 bits per heavy atom. The van der Waals surface area contributed by atoms with Crippen LogP contribution in [-0.2, 0) is 17.7 Å². The van der Waals surface area contributed by atoms with Crippen LogP contribution < -0.4 is 14.5 Å². The predicted octanol–water partition coefficient (Wildman–Crippen LogP) is 5.71. The first-order chi connectivity index (χ1) is 19.6. The topological polar surface area (TPSA) is 45.2 Å². The highest BCUT2D eigenvalue weighted by atomic mass is 32.1. The molecule has 6 rings (SSSR count). The molecule has 2 saturated heterocycles. The van der Waals surface area contributed by atoms with Gasteiger partial charge in [0.05, 0.1) is 25.5 Å². The van der Waals surface area contributed by atoms with Crippen molar-refractivity contribution >= 4 is 28.6 Å². The van der Waals surface area contributed by atoms with Gasteiger partial charge in [-0.25, -0.2) is 4.39 Å². The fourth-order valence-electron chi connectivity index (χ4n) is 6.36. The zero-order valence-corrected chi connectivity index (χ0v) is 24.2. The van der Waals surface area contributed by atoms with Crippen molar-refractivity contribution in [1.82, 2.24) is 4.90 Å². The summed E-state index contributed by atoms with van der Waals surface area (Å²) in [6.45, 7) is 10.7. The van der Waals surface area contributed by atoms with Gasteiger partial charge in [-0.05, 0) is 71.9 Å². The van der Waals surface area contributed by atoms with Gasteiger partial charge < -0.3 is 19.3 Å². The van der Waals surface area contributed by atoms with Crippen molar-refractivity contribution < 1.29 is 18.7 Å². The lowest BCUT2D eigenvalue weighted by molar-refractivity contribution is 0.0984. The van der Waals surface area contributed by atoms with Gasteiger partial charge in [-0.2, -0.15) is 0 Å². The quantitative estimate of drug-likeness (QED) is 0.316. The summed E-state index contributed by atoms with van der Waals surface area (Å²) in [7, 11) is 0. The first kappa shape index (κ1) is 27.2. The first-order valence-corrected chi connectivity index (χ1v) is 15.4. The SMILES string of the molecule is CCOc1ccsc1C(=O)N(CC1C2CN(Cc3ccc(CC)cc3)CC21)c1ccc(N2CCOCC2)c(F)c1. The maximum Gasteiger partial charge on any atom is 0.272 e. The number of amides is 1. The van der Waals surface area contributed by atoms with Crippen LogP contribution in [0.15, 0.2) is 53.9 Å². The number of hydrogen-bond acceptors (Lipinski definition) is 6. The number of hydrogen-bond donors (Lipinski definition) is 0. The summed E-state index contributed by atoms with van der Waals surface area (Å²) >= 11 is 1.38. The van der Waals surface area contributed by atoms with Crippen LogP contribution in [0.5, 0.6) is 5.75 Å². The Bertz CT molecular complexity index is 1310. The Labute approximate surface area is 240 Å². The summed E-state index contributed by atoms with van der Waals surface area (Å²) in [6.07, 6.45) is 1.06. The minimum Gasteiger partial charge on any atom is -0.492 e. The molecule has 8 heteroatoms. The second kappa shape index (κ2) is 11.9.